The Morgan fingerprint density at radius 1 is 0.933 bits per heavy atom. The Kier molecular flexibility index (Phi) is 18.0. The molecule has 0 aromatic heterocycles. The van der Waals surface area contributed by atoms with Gasteiger partial charge in [-0.2, -0.15) is 0 Å². The number of carbonyl (C=O) groups excluding carboxylic acids is 2. The summed E-state index contributed by atoms with van der Waals surface area (Å²) in [5, 5.41) is 16.5. The standard InChI is InChI=1S/C35H64N4O5S/c1-7-11-20-39(37-45(43,44)26-27(5)6)25-33(40)32(23-28-16-13-12-14-17-28)36-34(41)30-21-29(15-8-2)22-31(24-30)35(42)38(18-9-3)19-10-4/h27-33,37,40H,7,9-14,16-26H2,1-6H3,(H,36,41). The maximum absolute atomic E-state index is 14.0. The number of nitrogens with one attached hydrogen (secondary N) is 2. The molecule has 2 saturated carbocycles. The molecular formula is C35H64N4O5S. The number of unbranched alkanes of at least 4 members (excludes halogenated alkanes) is 1. The zero-order valence-corrected chi connectivity index (χ0v) is 30.0. The highest BCUT2D eigenvalue weighted by atomic mass is 32.2. The van der Waals surface area contributed by atoms with Crippen LogP contribution >= 0.6 is 0 Å². The molecule has 260 valence electrons. The first-order chi connectivity index (χ1) is 21.4. The molecule has 2 aliphatic rings. The van der Waals surface area contributed by atoms with Gasteiger partial charge in [0.25, 0.3) is 0 Å². The Morgan fingerprint density at radius 3 is 2.16 bits per heavy atom. The van der Waals surface area contributed by atoms with Crippen LogP contribution in [0.5, 0.6) is 0 Å². The molecule has 0 aromatic carbocycles. The molecule has 0 heterocycles. The molecule has 2 rings (SSSR count). The first-order valence-corrected chi connectivity index (χ1v) is 19.5. The van der Waals surface area contributed by atoms with Crippen molar-refractivity contribution in [2.75, 3.05) is 31.9 Å². The van der Waals surface area contributed by atoms with E-state index in [0.717, 1.165) is 64.5 Å². The fraction of sp³-hybridized carbons (Fsp3) is 0.886. The lowest BCUT2D eigenvalue weighted by atomic mass is 9.74. The van der Waals surface area contributed by atoms with Crippen molar-refractivity contribution in [3.8, 4) is 11.8 Å². The fourth-order valence-electron chi connectivity index (χ4n) is 7.13. The first-order valence-electron chi connectivity index (χ1n) is 17.9. The van der Waals surface area contributed by atoms with E-state index in [1.165, 1.54) is 6.42 Å². The van der Waals surface area contributed by atoms with E-state index in [-0.39, 0.29) is 47.8 Å². The number of aliphatic hydroxyl groups is 1. The van der Waals surface area contributed by atoms with E-state index in [2.05, 4.69) is 35.8 Å². The number of aliphatic hydroxyl groups excluding tert-OH is 1. The highest BCUT2D eigenvalue weighted by Crippen LogP contribution is 2.35. The summed E-state index contributed by atoms with van der Waals surface area (Å²) in [6, 6.07) is -0.511. The van der Waals surface area contributed by atoms with Crippen LogP contribution in [-0.4, -0.2) is 79.3 Å². The molecule has 2 fully saturated rings. The summed E-state index contributed by atoms with van der Waals surface area (Å²) in [6.45, 7) is 13.7. The lowest BCUT2D eigenvalue weighted by Gasteiger charge is -2.37. The van der Waals surface area contributed by atoms with Gasteiger partial charge in [0.05, 0.1) is 17.9 Å². The van der Waals surface area contributed by atoms with Gasteiger partial charge in [-0.05, 0) is 63.7 Å². The quantitative estimate of drug-likeness (QED) is 0.132. The van der Waals surface area contributed by atoms with Crippen molar-refractivity contribution in [1.82, 2.24) is 20.1 Å². The van der Waals surface area contributed by atoms with Crippen LogP contribution in [-0.2, 0) is 19.6 Å². The second-order valence-electron chi connectivity index (χ2n) is 14.0. The van der Waals surface area contributed by atoms with Crippen LogP contribution in [0.4, 0.5) is 0 Å². The summed E-state index contributed by atoms with van der Waals surface area (Å²) < 4.78 is 25.6. The molecule has 5 atom stereocenters. The van der Waals surface area contributed by atoms with Crippen LogP contribution in [0, 0.1) is 41.4 Å². The molecule has 0 spiro atoms. The Balaban J connectivity index is 2.26. The van der Waals surface area contributed by atoms with Crippen molar-refractivity contribution in [3.63, 3.8) is 0 Å². The molecule has 5 unspecified atom stereocenters. The van der Waals surface area contributed by atoms with E-state index in [1.807, 2.05) is 25.7 Å². The molecule has 2 amide bonds. The van der Waals surface area contributed by atoms with Gasteiger partial charge in [0.15, 0.2) is 0 Å². The Morgan fingerprint density at radius 2 is 1.58 bits per heavy atom. The van der Waals surface area contributed by atoms with E-state index in [1.54, 1.807) is 11.9 Å². The summed E-state index contributed by atoms with van der Waals surface area (Å²) in [4.78, 5) is 32.3. The van der Waals surface area contributed by atoms with Crippen LogP contribution in [0.25, 0.3) is 0 Å². The summed E-state index contributed by atoms with van der Waals surface area (Å²) in [5.41, 5.74) is 0. The highest BCUT2D eigenvalue weighted by molar-refractivity contribution is 7.89. The second-order valence-corrected chi connectivity index (χ2v) is 15.8. The van der Waals surface area contributed by atoms with Gasteiger partial charge in [0.1, 0.15) is 0 Å². The number of hydrogen-bond acceptors (Lipinski definition) is 6. The summed E-state index contributed by atoms with van der Waals surface area (Å²) in [5.74, 6) is 5.99. The number of rotatable bonds is 19. The van der Waals surface area contributed by atoms with Gasteiger partial charge in [-0.1, -0.05) is 73.1 Å². The van der Waals surface area contributed by atoms with E-state index in [4.69, 9.17) is 0 Å². The number of sulfonamides is 1. The minimum Gasteiger partial charge on any atom is -0.390 e. The average Bonchev–Trinajstić information content (AvgIpc) is 2.98. The molecule has 0 radical (unpaired) electrons. The number of hydrogen-bond donors (Lipinski definition) is 3. The van der Waals surface area contributed by atoms with Gasteiger partial charge in [-0.25, -0.2) is 13.4 Å². The number of nitrogens with zero attached hydrogens (tertiary/aromatic N) is 2. The summed E-state index contributed by atoms with van der Waals surface area (Å²) in [7, 11) is -3.56. The zero-order chi connectivity index (χ0) is 33.4. The average molecular weight is 653 g/mol. The number of carbonyl (C=O) groups is 2. The van der Waals surface area contributed by atoms with Crippen LogP contribution in [0.1, 0.15) is 125 Å². The van der Waals surface area contributed by atoms with Crippen molar-refractivity contribution >= 4 is 21.8 Å². The molecule has 0 aliphatic heterocycles. The molecule has 9 nitrogen and oxygen atoms in total. The second kappa shape index (κ2) is 20.5. The van der Waals surface area contributed by atoms with Gasteiger partial charge < -0.3 is 15.3 Å². The normalized spacial score (nSPS) is 22.5. The monoisotopic (exact) mass is 652 g/mol. The third kappa shape index (κ3) is 14.3. The highest BCUT2D eigenvalue weighted by Gasteiger charge is 2.39. The third-order valence-electron chi connectivity index (χ3n) is 9.19. The zero-order valence-electron chi connectivity index (χ0n) is 29.2. The minimum absolute atomic E-state index is 0.00524. The SMILES string of the molecule is CC#CC1CC(C(=O)NC(CC2CCCCC2)C(O)CN(CCCC)NS(=O)(=O)CC(C)C)CC(C(=O)N(CCC)CCC)C1. The molecule has 10 heteroatoms. The van der Waals surface area contributed by atoms with E-state index in [9.17, 15) is 23.1 Å². The van der Waals surface area contributed by atoms with Crippen molar-refractivity contribution in [1.29, 1.82) is 0 Å². The summed E-state index contributed by atoms with van der Waals surface area (Å²) >= 11 is 0. The maximum Gasteiger partial charge on any atom is 0.225 e. The lowest BCUT2D eigenvalue weighted by molar-refractivity contribution is -0.139. The molecule has 0 saturated heterocycles. The van der Waals surface area contributed by atoms with Gasteiger partial charge in [-0.15, -0.1) is 16.7 Å². The van der Waals surface area contributed by atoms with Crippen molar-refractivity contribution in [3.05, 3.63) is 0 Å². The maximum atomic E-state index is 14.0. The Labute approximate surface area is 275 Å². The van der Waals surface area contributed by atoms with Crippen LogP contribution in [0.3, 0.4) is 0 Å². The number of hydrazine groups is 1. The molecular weight excluding hydrogens is 588 g/mol. The van der Waals surface area contributed by atoms with Crippen LogP contribution in [0.2, 0.25) is 0 Å². The van der Waals surface area contributed by atoms with E-state index >= 15 is 0 Å². The fourth-order valence-corrected chi connectivity index (χ4v) is 8.64. The third-order valence-corrected chi connectivity index (χ3v) is 10.8. The van der Waals surface area contributed by atoms with Gasteiger partial charge in [0, 0.05) is 43.9 Å². The van der Waals surface area contributed by atoms with Crippen LogP contribution in [0.15, 0.2) is 0 Å². The molecule has 0 bridgehead atoms. The molecule has 3 N–H and O–H groups in total. The van der Waals surface area contributed by atoms with Crippen molar-refractivity contribution in [2.45, 2.75) is 137 Å². The number of amides is 2. The largest absolute Gasteiger partial charge is 0.390 e. The predicted molar refractivity (Wildman–Crippen MR) is 182 cm³/mol. The van der Waals surface area contributed by atoms with Crippen molar-refractivity contribution in [2.24, 2.45) is 29.6 Å². The Bertz CT molecular complexity index is 1040. The molecule has 45 heavy (non-hydrogen) atoms. The van der Waals surface area contributed by atoms with Crippen LogP contribution < -0.4 is 10.1 Å². The first kappa shape index (κ1) is 39.5. The van der Waals surface area contributed by atoms with E-state index in [0.29, 0.717) is 38.1 Å². The minimum atomic E-state index is -3.56. The molecule has 2 aliphatic carbocycles. The smallest absolute Gasteiger partial charge is 0.225 e. The van der Waals surface area contributed by atoms with Gasteiger partial charge in [-0.3, -0.25) is 9.59 Å². The van der Waals surface area contributed by atoms with Crippen molar-refractivity contribution < 1.29 is 23.1 Å². The van der Waals surface area contributed by atoms with Gasteiger partial charge >= 0.3 is 0 Å². The van der Waals surface area contributed by atoms with Gasteiger partial charge in [0.2, 0.25) is 21.8 Å². The lowest BCUT2D eigenvalue weighted by Crippen LogP contribution is -2.54. The Hall–Kier alpha value is -1.67. The van der Waals surface area contributed by atoms with E-state index < -0.39 is 22.2 Å². The predicted octanol–water partition coefficient (Wildman–Crippen LogP) is 5.10. The topological polar surface area (TPSA) is 119 Å². The molecule has 0 aromatic rings. The summed E-state index contributed by atoms with van der Waals surface area (Å²) in [6.07, 6.45) is 10.6.